The average Bonchev–Trinajstić information content (AvgIpc) is 2.94. The molecule has 0 unspecified atom stereocenters. The summed E-state index contributed by atoms with van der Waals surface area (Å²) < 4.78 is 42.0. The van der Waals surface area contributed by atoms with E-state index in [1.54, 1.807) is 6.92 Å². The Labute approximate surface area is 208 Å². The molecular weight excluding hydrogens is 493 g/mol. The van der Waals surface area contributed by atoms with Gasteiger partial charge in [0, 0.05) is 29.2 Å². The second-order valence-electron chi connectivity index (χ2n) is 10.4. The summed E-state index contributed by atoms with van der Waals surface area (Å²) in [4.78, 5) is 23.0. The highest BCUT2D eigenvalue weighted by Crippen LogP contribution is 2.73. The van der Waals surface area contributed by atoms with Crippen LogP contribution in [0.3, 0.4) is 0 Å². The smallest absolute Gasteiger partial charge is 0.303 e. The fraction of sp³-hybridized carbons (Fsp3) is 0.708. The van der Waals surface area contributed by atoms with Gasteiger partial charge in [0.15, 0.2) is 11.4 Å². The summed E-state index contributed by atoms with van der Waals surface area (Å²) in [7, 11) is 1.44. The predicted octanol–water partition coefficient (Wildman–Crippen LogP) is 5.64. The van der Waals surface area contributed by atoms with E-state index in [0.717, 1.165) is 6.08 Å². The number of fused-ring (bicyclic) bond motifs is 5. The first-order chi connectivity index (χ1) is 15.2. The summed E-state index contributed by atoms with van der Waals surface area (Å²) in [5.41, 5.74) is -3.55. The van der Waals surface area contributed by atoms with Gasteiger partial charge in [0.05, 0.1) is 17.4 Å². The summed E-state index contributed by atoms with van der Waals surface area (Å²) in [6, 6.07) is 0. The Balaban J connectivity index is 1.91. The zero-order valence-electron chi connectivity index (χ0n) is 19.2. The Morgan fingerprint density at radius 3 is 2.48 bits per heavy atom. The van der Waals surface area contributed by atoms with E-state index in [1.165, 1.54) is 20.1 Å². The van der Waals surface area contributed by atoms with Crippen LogP contribution in [-0.4, -0.2) is 45.9 Å². The van der Waals surface area contributed by atoms with Crippen LogP contribution < -0.4 is 0 Å². The van der Waals surface area contributed by atoms with E-state index in [-0.39, 0.29) is 35.3 Å². The summed E-state index contributed by atoms with van der Waals surface area (Å²) in [6.07, 6.45) is 1.67. The lowest BCUT2D eigenvalue weighted by molar-refractivity contribution is -0.172. The van der Waals surface area contributed by atoms with Crippen LogP contribution in [0.4, 0.5) is 8.78 Å². The number of allylic oxidation sites excluding steroid dienone is 4. The van der Waals surface area contributed by atoms with E-state index in [2.05, 4.69) is 0 Å². The van der Waals surface area contributed by atoms with E-state index < -0.39 is 56.4 Å². The molecule has 4 rings (SSSR count). The number of methoxy groups -OCH3 is 1. The summed E-state index contributed by atoms with van der Waals surface area (Å²) in [6.45, 7) is 6.85. The van der Waals surface area contributed by atoms with Gasteiger partial charge in [0.1, 0.15) is 6.17 Å². The highest BCUT2D eigenvalue weighted by Gasteiger charge is 2.77. The normalized spacial score (nSPS) is 48.6. The van der Waals surface area contributed by atoms with Crippen LogP contribution in [0, 0.1) is 28.6 Å². The number of hydrogen-bond donors (Lipinski definition) is 0. The van der Waals surface area contributed by atoms with Crippen molar-refractivity contribution in [3.63, 3.8) is 0 Å². The van der Waals surface area contributed by atoms with Gasteiger partial charge >= 0.3 is 5.97 Å². The number of esters is 1. The number of hydrogen-bond acceptors (Lipinski definition) is 5. The molecule has 0 aromatic rings. The molecular formula is C24H28Cl2F2O4S. The molecule has 0 spiro atoms. The van der Waals surface area contributed by atoms with Crippen LogP contribution in [-0.2, 0) is 19.1 Å². The monoisotopic (exact) mass is 520 g/mol. The van der Waals surface area contributed by atoms with Crippen molar-refractivity contribution in [2.24, 2.45) is 28.6 Å². The largest absolute Gasteiger partial charge is 0.487 e. The summed E-state index contributed by atoms with van der Waals surface area (Å²) in [5.74, 6) is -3.42. The van der Waals surface area contributed by atoms with E-state index in [4.69, 9.17) is 44.9 Å². The maximum atomic E-state index is 15.6. The molecule has 4 aliphatic rings. The van der Waals surface area contributed by atoms with E-state index in [1.807, 2.05) is 13.8 Å². The topological polar surface area (TPSA) is 52.6 Å². The first-order valence-electron chi connectivity index (χ1n) is 11.1. The van der Waals surface area contributed by atoms with E-state index in [9.17, 15) is 14.0 Å². The minimum absolute atomic E-state index is 0.0882. The van der Waals surface area contributed by atoms with Crippen molar-refractivity contribution in [2.45, 2.75) is 69.0 Å². The number of carbonyl (C=O) groups excluding carboxylic acids is 2. The van der Waals surface area contributed by atoms with Gasteiger partial charge in [-0.1, -0.05) is 26.8 Å². The molecule has 33 heavy (non-hydrogen) atoms. The van der Waals surface area contributed by atoms with Gasteiger partial charge in [0.2, 0.25) is 10.8 Å². The number of rotatable bonds is 2. The van der Waals surface area contributed by atoms with Crippen LogP contribution >= 0.6 is 35.4 Å². The van der Waals surface area contributed by atoms with E-state index >= 15 is 4.39 Å². The fourth-order valence-electron chi connectivity index (χ4n) is 7.62. The highest BCUT2D eigenvalue weighted by atomic mass is 35.5. The molecule has 0 aliphatic heterocycles. The van der Waals surface area contributed by atoms with Gasteiger partial charge < -0.3 is 9.47 Å². The SMILES string of the molecule is COC(=S)[C@@]1(OC(C)=O)[C@@H](C)C[C@H]2[C@@H]3C[C@H](F)C4=C(F)C(=O)C=C[C@]4(C)[C@@]3(Cl)[C@@H](Cl)C[C@@]21C. The van der Waals surface area contributed by atoms with Crippen LogP contribution in [0.5, 0.6) is 0 Å². The van der Waals surface area contributed by atoms with Gasteiger partial charge in [-0.05, 0) is 49.4 Å². The first-order valence-corrected chi connectivity index (χ1v) is 12.3. The van der Waals surface area contributed by atoms with Crippen molar-refractivity contribution < 1.29 is 27.8 Å². The Kier molecular flexibility index (Phi) is 5.86. The van der Waals surface area contributed by atoms with Crippen molar-refractivity contribution in [3.05, 3.63) is 23.6 Å². The van der Waals surface area contributed by atoms with Crippen LogP contribution in [0.1, 0.15) is 47.0 Å². The lowest BCUT2D eigenvalue weighted by Crippen LogP contribution is -2.69. The predicted molar refractivity (Wildman–Crippen MR) is 126 cm³/mol. The number of thiocarbonyl (C=S) groups is 1. The third-order valence-electron chi connectivity index (χ3n) is 9.00. The minimum atomic E-state index is -1.69. The molecule has 4 nitrogen and oxygen atoms in total. The minimum Gasteiger partial charge on any atom is -0.487 e. The van der Waals surface area contributed by atoms with Crippen molar-refractivity contribution in [1.82, 2.24) is 0 Å². The molecule has 9 heteroatoms. The van der Waals surface area contributed by atoms with Crippen LogP contribution in [0.25, 0.3) is 0 Å². The molecule has 0 saturated heterocycles. The Morgan fingerprint density at radius 2 is 1.91 bits per heavy atom. The van der Waals surface area contributed by atoms with Crippen LogP contribution in [0.2, 0.25) is 0 Å². The van der Waals surface area contributed by atoms with Crippen molar-refractivity contribution >= 4 is 52.2 Å². The molecule has 0 bridgehead atoms. The Bertz CT molecular complexity index is 1000. The van der Waals surface area contributed by atoms with Gasteiger partial charge in [-0.3, -0.25) is 9.59 Å². The lowest BCUT2D eigenvalue weighted by Gasteiger charge is -2.64. The molecule has 4 aliphatic carbocycles. The second kappa shape index (κ2) is 7.72. The number of ether oxygens (including phenoxy) is 2. The van der Waals surface area contributed by atoms with Gasteiger partial charge in [-0.25, -0.2) is 8.78 Å². The molecule has 3 saturated carbocycles. The molecule has 0 aromatic carbocycles. The highest BCUT2D eigenvalue weighted by molar-refractivity contribution is 7.80. The number of ketones is 1. The Hall–Kier alpha value is -1.05. The summed E-state index contributed by atoms with van der Waals surface area (Å²) >= 11 is 20.0. The lowest BCUT2D eigenvalue weighted by atomic mass is 9.46. The third-order valence-corrected chi connectivity index (χ3v) is 11.0. The molecule has 0 heterocycles. The molecule has 9 atom stereocenters. The molecule has 0 aromatic heterocycles. The number of alkyl halides is 3. The average molecular weight is 521 g/mol. The Morgan fingerprint density at radius 1 is 1.27 bits per heavy atom. The van der Waals surface area contributed by atoms with Crippen molar-refractivity contribution in [2.75, 3.05) is 7.11 Å². The van der Waals surface area contributed by atoms with Gasteiger partial charge in [-0.15, -0.1) is 23.2 Å². The maximum Gasteiger partial charge on any atom is 0.303 e. The van der Waals surface area contributed by atoms with E-state index in [0.29, 0.717) is 6.42 Å². The van der Waals surface area contributed by atoms with Gasteiger partial charge in [-0.2, -0.15) is 0 Å². The number of halogens is 4. The quantitative estimate of drug-likeness (QED) is 0.268. The van der Waals surface area contributed by atoms with Crippen molar-refractivity contribution in [1.29, 1.82) is 0 Å². The zero-order valence-corrected chi connectivity index (χ0v) is 21.5. The maximum absolute atomic E-state index is 15.6. The standard InChI is InChI=1S/C24H28Cl2F2O4S/c1-11-8-13-14-9-15(27)18-19(28)16(30)6-7-21(18,3)23(14,26)17(25)10-22(13,4)24(11,20(33)31-5)32-12(2)29/h6-7,11,13-15,17H,8-10H2,1-5H3/t11-,13-,14-,15-,17-,21-,22-,23-,24-/m0/s1. The summed E-state index contributed by atoms with van der Waals surface area (Å²) in [5, 5.41) is -0.613. The molecule has 0 amide bonds. The molecule has 182 valence electrons. The molecule has 0 radical (unpaired) electrons. The molecule has 0 N–H and O–H groups in total. The fourth-order valence-corrected chi connectivity index (χ4v) is 9.29. The van der Waals surface area contributed by atoms with Gasteiger partial charge in [0.25, 0.3) is 0 Å². The van der Waals surface area contributed by atoms with Crippen molar-refractivity contribution in [3.8, 4) is 0 Å². The zero-order chi connectivity index (χ0) is 24.7. The van der Waals surface area contributed by atoms with Crippen LogP contribution in [0.15, 0.2) is 23.6 Å². The number of carbonyl (C=O) groups is 2. The second-order valence-corrected chi connectivity index (χ2v) is 11.9. The molecule has 3 fully saturated rings. The first kappa shape index (κ1) is 25.1. The third kappa shape index (κ3) is 2.88.